The van der Waals surface area contributed by atoms with Crippen molar-refractivity contribution in [1.29, 1.82) is 0 Å². The average Bonchev–Trinajstić information content (AvgIpc) is 3.27. The molecule has 2 unspecified atom stereocenters. The van der Waals surface area contributed by atoms with E-state index >= 15 is 0 Å². The Balaban J connectivity index is 1.55. The molecule has 40 heavy (non-hydrogen) atoms. The molecule has 0 aliphatic heterocycles. The number of hydrogen-bond donors (Lipinski definition) is 5. The largest absolute Gasteiger partial charge is 0.479 e. The van der Waals surface area contributed by atoms with Crippen LogP contribution in [0.1, 0.15) is 49.1 Å². The fraction of sp³-hybridized carbons (Fsp3) is 0.393. The Hall–Kier alpha value is -4.09. The third-order valence-electron chi connectivity index (χ3n) is 7.51. The van der Waals surface area contributed by atoms with Crippen LogP contribution in [0, 0.1) is 11.7 Å². The lowest BCUT2D eigenvalue weighted by Gasteiger charge is -2.36. The summed E-state index contributed by atoms with van der Waals surface area (Å²) in [6, 6.07) is 7.56. The van der Waals surface area contributed by atoms with Crippen molar-refractivity contribution in [2.45, 2.75) is 63.8 Å². The maximum atomic E-state index is 13.6. The van der Waals surface area contributed by atoms with Gasteiger partial charge in [-0.1, -0.05) is 44.5 Å². The van der Waals surface area contributed by atoms with Gasteiger partial charge in [0.15, 0.2) is 0 Å². The summed E-state index contributed by atoms with van der Waals surface area (Å²) in [7, 11) is 0. The second-order valence-electron chi connectivity index (χ2n) is 10.2. The number of urea groups is 1. The summed E-state index contributed by atoms with van der Waals surface area (Å²) in [5.41, 5.74) is -1.37. The Labute approximate surface area is 227 Å². The number of nitrogens with one attached hydrogen (secondary N) is 4. The first kappa shape index (κ1) is 28.9. The Morgan fingerprint density at radius 3 is 2.52 bits per heavy atom. The molecule has 3 amide bonds. The number of para-hydroxylation sites is 1. The van der Waals surface area contributed by atoms with E-state index in [0.717, 1.165) is 6.07 Å². The van der Waals surface area contributed by atoms with Gasteiger partial charge in [0.2, 0.25) is 5.91 Å². The number of halogens is 4. The summed E-state index contributed by atoms with van der Waals surface area (Å²) >= 11 is 0. The molecular weight excluding hydrogens is 532 g/mol. The zero-order valence-corrected chi connectivity index (χ0v) is 21.9. The van der Waals surface area contributed by atoms with Gasteiger partial charge in [-0.25, -0.2) is 14.0 Å². The molecule has 12 heteroatoms. The molecule has 0 radical (unpaired) electrons. The molecule has 2 aromatic carbocycles. The van der Waals surface area contributed by atoms with Gasteiger partial charge in [-0.15, -0.1) is 0 Å². The molecular formula is C28H30F4N4O4. The summed E-state index contributed by atoms with van der Waals surface area (Å²) in [4.78, 5) is 41.4. The van der Waals surface area contributed by atoms with E-state index in [1.807, 2.05) is 0 Å². The van der Waals surface area contributed by atoms with E-state index in [1.165, 1.54) is 30.3 Å². The van der Waals surface area contributed by atoms with E-state index in [0.29, 0.717) is 23.2 Å². The van der Waals surface area contributed by atoms with Gasteiger partial charge < -0.3 is 26.0 Å². The van der Waals surface area contributed by atoms with Gasteiger partial charge in [0.1, 0.15) is 17.4 Å². The van der Waals surface area contributed by atoms with Crippen LogP contribution >= 0.6 is 0 Å². The number of benzene rings is 2. The highest BCUT2D eigenvalue weighted by molar-refractivity contribution is 5.94. The lowest BCUT2D eigenvalue weighted by atomic mass is 9.79. The molecule has 214 valence electrons. The van der Waals surface area contributed by atoms with Crippen LogP contribution in [0.3, 0.4) is 0 Å². The SMILES string of the molecule is CCC(C)[C@H](NC(=O)NCc1cccc(F)c1)C(=O)NC1(C(=O)O)CCc2[nH]c3c(C(F)(F)F)cccc3c2C1. The maximum absolute atomic E-state index is 13.6. The second-order valence-corrected chi connectivity index (χ2v) is 10.2. The number of carboxylic acids is 1. The number of rotatable bonds is 8. The van der Waals surface area contributed by atoms with Crippen LogP contribution in [-0.4, -0.2) is 39.6 Å². The third kappa shape index (κ3) is 5.90. The summed E-state index contributed by atoms with van der Waals surface area (Å²) in [6.45, 7) is 3.53. The van der Waals surface area contributed by atoms with Crippen LogP contribution in [0.5, 0.6) is 0 Å². The molecule has 3 aromatic rings. The number of aromatic amines is 1. The van der Waals surface area contributed by atoms with Crippen molar-refractivity contribution in [3.8, 4) is 0 Å². The predicted molar refractivity (Wildman–Crippen MR) is 139 cm³/mol. The normalized spacial score (nSPS) is 18.4. The molecule has 1 aromatic heterocycles. The molecule has 1 aliphatic rings. The number of hydrogen-bond acceptors (Lipinski definition) is 3. The Morgan fingerprint density at radius 2 is 1.88 bits per heavy atom. The summed E-state index contributed by atoms with van der Waals surface area (Å²) < 4.78 is 54.2. The zero-order valence-electron chi connectivity index (χ0n) is 21.9. The first-order valence-corrected chi connectivity index (χ1v) is 12.9. The first-order valence-electron chi connectivity index (χ1n) is 12.9. The molecule has 0 bridgehead atoms. The molecule has 5 N–H and O–H groups in total. The van der Waals surface area contributed by atoms with Gasteiger partial charge >= 0.3 is 18.2 Å². The molecule has 0 spiro atoms. The summed E-state index contributed by atoms with van der Waals surface area (Å²) in [5.74, 6) is -2.90. The minimum Gasteiger partial charge on any atom is -0.479 e. The topological polar surface area (TPSA) is 123 Å². The summed E-state index contributed by atoms with van der Waals surface area (Å²) in [5, 5.41) is 18.2. The van der Waals surface area contributed by atoms with Gasteiger partial charge in [-0.05, 0) is 48.1 Å². The molecule has 0 saturated heterocycles. The molecule has 0 saturated carbocycles. The fourth-order valence-electron chi connectivity index (χ4n) is 5.09. The highest BCUT2D eigenvalue weighted by Crippen LogP contribution is 2.40. The lowest BCUT2D eigenvalue weighted by molar-refractivity contribution is -0.148. The van der Waals surface area contributed by atoms with Crippen LogP contribution in [0.4, 0.5) is 22.4 Å². The minimum atomic E-state index is -4.60. The van der Waals surface area contributed by atoms with Crippen molar-refractivity contribution in [1.82, 2.24) is 20.9 Å². The van der Waals surface area contributed by atoms with Crippen LogP contribution in [0.25, 0.3) is 10.9 Å². The number of H-pyrrole nitrogens is 1. The van der Waals surface area contributed by atoms with Crippen molar-refractivity contribution < 1.29 is 37.1 Å². The van der Waals surface area contributed by atoms with Crippen molar-refractivity contribution in [3.05, 3.63) is 70.7 Å². The van der Waals surface area contributed by atoms with Crippen LogP contribution in [0.15, 0.2) is 42.5 Å². The van der Waals surface area contributed by atoms with Crippen molar-refractivity contribution in [3.63, 3.8) is 0 Å². The molecule has 0 fully saturated rings. The van der Waals surface area contributed by atoms with E-state index in [-0.39, 0.29) is 42.6 Å². The molecule has 1 heterocycles. The molecule has 3 atom stereocenters. The fourth-order valence-corrected chi connectivity index (χ4v) is 5.09. The number of amides is 3. The van der Waals surface area contributed by atoms with Gasteiger partial charge in [0.25, 0.3) is 0 Å². The number of aromatic nitrogens is 1. The van der Waals surface area contributed by atoms with Crippen molar-refractivity contribution >= 4 is 28.8 Å². The number of alkyl halides is 3. The van der Waals surface area contributed by atoms with Crippen molar-refractivity contribution in [2.24, 2.45) is 5.92 Å². The minimum absolute atomic E-state index is 0.000750. The van der Waals surface area contributed by atoms with E-state index < -0.39 is 47.0 Å². The van der Waals surface area contributed by atoms with Gasteiger partial charge in [-0.3, -0.25) is 4.79 Å². The first-order chi connectivity index (χ1) is 18.8. The van der Waals surface area contributed by atoms with E-state index in [4.69, 9.17) is 0 Å². The second kappa shape index (κ2) is 11.2. The van der Waals surface area contributed by atoms with E-state index in [1.54, 1.807) is 19.9 Å². The van der Waals surface area contributed by atoms with Gasteiger partial charge in [-0.2, -0.15) is 13.2 Å². The Kier molecular flexibility index (Phi) is 8.08. The molecule has 1 aliphatic carbocycles. The summed E-state index contributed by atoms with van der Waals surface area (Å²) in [6.07, 6.45) is -4.31. The van der Waals surface area contributed by atoms with Crippen LogP contribution < -0.4 is 16.0 Å². The highest BCUT2D eigenvalue weighted by Gasteiger charge is 2.46. The van der Waals surface area contributed by atoms with E-state index in [2.05, 4.69) is 20.9 Å². The number of aliphatic carboxylic acids is 1. The molecule has 4 rings (SSSR count). The van der Waals surface area contributed by atoms with Gasteiger partial charge in [0.05, 0.1) is 11.1 Å². The number of carboxylic acid groups (broad SMARTS) is 1. The van der Waals surface area contributed by atoms with Gasteiger partial charge in [0, 0.05) is 24.0 Å². The maximum Gasteiger partial charge on any atom is 0.418 e. The predicted octanol–water partition coefficient (Wildman–Crippen LogP) is 4.67. The van der Waals surface area contributed by atoms with Crippen LogP contribution in [-0.2, 0) is 35.2 Å². The monoisotopic (exact) mass is 562 g/mol. The quantitative estimate of drug-likeness (QED) is 0.256. The van der Waals surface area contributed by atoms with Crippen LogP contribution in [0.2, 0.25) is 0 Å². The third-order valence-corrected chi connectivity index (χ3v) is 7.51. The average molecular weight is 563 g/mol. The molecule has 8 nitrogen and oxygen atoms in total. The lowest BCUT2D eigenvalue weighted by Crippen LogP contribution is -2.63. The van der Waals surface area contributed by atoms with Crippen molar-refractivity contribution in [2.75, 3.05) is 0 Å². The number of fused-ring (bicyclic) bond motifs is 3. The zero-order chi connectivity index (χ0) is 29.2. The highest BCUT2D eigenvalue weighted by atomic mass is 19.4. The Morgan fingerprint density at radius 1 is 1.15 bits per heavy atom. The number of carbonyl (C=O) groups is 3. The number of aryl methyl sites for hydroxylation is 1. The smallest absolute Gasteiger partial charge is 0.418 e. The standard InChI is InChI=1S/C28H30F4N4O4/c1-3-15(2)22(35-26(40)33-14-16-6-4-7-17(29)12-16)24(37)36-27(25(38)39)11-10-21-19(13-27)18-8-5-9-20(23(18)34-21)28(30,31)32/h4-9,12,15,22,34H,3,10-11,13-14H2,1-2H3,(H,36,37)(H,38,39)(H2,33,35,40)/t15?,22-,27?/m0/s1. The Bertz CT molecular complexity index is 1440. The van der Waals surface area contributed by atoms with E-state index in [9.17, 15) is 37.1 Å². The number of carbonyl (C=O) groups excluding carboxylic acids is 2.